The molecule has 0 unspecified atom stereocenters. The Morgan fingerprint density at radius 3 is 2.48 bits per heavy atom. The molecular weight excluding hydrogens is 357 g/mol. The van der Waals surface area contributed by atoms with Crippen molar-refractivity contribution in [1.82, 2.24) is 0 Å². The number of nitrogens with zero attached hydrogens (tertiary/aromatic N) is 2. The summed E-state index contributed by atoms with van der Waals surface area (Å²) in [5.74, 6) is -0.0114. The number of rotatable bonds is 4. The van der Waals surface area contributed by atoms with Crippen LogP contribution in [0.3, 0.4) is 0 Å². The van der Waals surface area contributed by atoms with Crippen LogP contribution in [0.1, 0.15) is 12.5 Å². The average Bonchev–Trinajstić information content (AvgIpc) is 2.64. The molecule has 1 heterocycles. The van der Waals surface area contributed by atoms with Gasteiger partial charge in [0.15, 0.2) is 0 Å². The van der Waals surface area contributed by atoms with Gasteiger partial charge in [-0.1, -0.05) is 23.2 Å². The summed E-state index contributed by atoms with van der Waals surface area (Å²) >= 11 is 11.9. The zero-order valence-corrected chi connectivity index (χ0v) is 15.7. The fourth-order valence-corrected chi connectivity index (χ4v) is 3.52. The van der Waals surface area contributed by atoms with Crippen molar-refractivity contribution in [3.05, 3.63) is 52.0 Å². The molecule has 2 aromatic carbocycles. The molecule has 6 heteroatoms. The number of phenolic OH excluding ortho intramolecular Hbond substituents is 1. The van der Waals surface area contributed by atoms with Gasteiger partial charge in [0, 0.05) is 22.5 Å². The van der Waals surface area contributed by atoms with Crippen LogP contribution in [0.5, 0.6) is 5.75 Å². The molecule has 25 heavy (non-hydrogen) atoms. The quantitative estimate of drug-likeness (QED) is 0.802. The van der Waals surface area contributed by atoms with Gasteiger partial charge in [0.2, 0.25) is 0 Å². The fraction of sp³-hybridized carbons (Fsp3) is 0.316. The second-order valence-corrected chi connectivity index (χ2v) is 7.03. The normalized spacial score (nSPS) is 15.9. The lowest BCUT2D eigenvalue weighted by atomic mass is 10.2. The van der Waals surface area contributed by atoms with Crippen molar-refractivity contribution in [2.45, 2.75) is 6.92 Å². The third kappa shape index (κ3) is 4.46. The largest absolute Gasteiger partial charge is 0.506 e. The predicted octanol–water partition coefficient (Wildman–Crippen LogP) is 3.17. The second kappa shape index (κ2) is 8.09. The maximum Gasteiger partial charge on any atom is 0.143 e. The minimum Gasteiger partial charge on any atom is -0.506 e. The maximum absolute atomic E-state index is 9.97. The summed E-state index contributed by atoms with van der Waals surface area (Å²) in [6, 6.07) is 11.3. The van der Waals surface area contributed by atoms with Crippen molar-refractivity contribution >= 4 is 40.8 Å². The van der Waals surface area contributed by atoms with Crippen molar-refractivity contribution in [2.24, 2.45) is 4.99 Å². The summed E-state index contributed by atoms with van der Waals surface area (Å²) in [7, 11) is 0. The van der Waals surface area contributed by atoms with Crippen LogP contribution in [0.4, 0.5) is 11.4 Å². The Balaban J connectivity index is 1.69. The lowest BCUT2D eigenvalue weighted by Crippen LogP contribution is -3.14. The Kier molecular flexibility index (Phi) is 5.84. The van der Waals surface area contributed by atoms with Gasteiger partial charge in [-0.2, -0.15) is 0 Å². The Hall–Kier alpha value is -1.75. The van der Waals surface area contributed by atoms with Gasteiger partial charge in [-0.25, -0.2) is 0 Å². The molecule has 0 bridgehead atoms. The highest BCUT2D eigenvalue weighted by Gasteiger charge is 2.18. The Morgan fingerprint density at radius 2 is 1.84 bits per heavy atom. The molecular formula is C19H22Cl2N3O+. The number of hydrogen-bond acceptors (Lipinski definition) is 3. The molecule has 0 amide bonds. The van der Waals surface area contributed by atoms with E-state index in [-0.39, 0.29) is 10.8 Å². The molecule has 3 rings (SSSR count). The van der Waals surface area contributed by atoms with E-state index in [1.165, 1.54) is 31.4 Å². The molecule has 0 aliphatic carbocycles. The fourth-order valence-electron chi connectivity index (χ4n) is 3.01. The first kappa shape index (κ1) is 18.1. The van der Waals surface area contributed by atoms with Crippen molar-refractivity contribution in [1.29, 1.82) is 0 Å². The molecule has 1 fully saturated rings. The van der Waals surface area contributed by atoms with Crippen LogP contribution >= 0.6 is 23.2 Å². The highest BCUT2D eigenvalue weighted by Crippen LogP contribution is 2.30. The summed E-state index contributed by atoms with van der Waals surface area (Å²) in [5.41, 5.74) is 2.54. The number of nitrogens with one attached hydrogen (secondary N) is 1. The minimum atomic E-state index is -0.0114. The summed E-state index contributed by atoms with van der Waals surface area (Å²) < 4.78 is 0. The number of piperazine rings is 1. The van der Waals surface area contributed by atoms with Crippen molar-refractivity contribution in [3.63, 3.8) is 0 Å². The minimum absolute atomic E-state index is 0.0114. The highest BCUT2D eigenvalue weighted by atomic mass is 35.5. The number of benzene rings is 2. The van der Waals surface area contributed by atoms with Gasteiger partial charge in [0.1, 0.15) is 5.75 Å². The molecule has 0 saturated carbocycles. The summed E-state index contributed by atoms with van der Waals surface area (Å²) in [4.78, 5) is 8.48. The zero-order valence-electron chi connectivity index (χ0n) is 14.2. The van der Waals surface area contributed by atoms with E-state index in [1.54, 1.807) is 17.2 Å². The van der Waals surface area contributed by atoms with E-state index in [9.17, 15) is 5.11 Å². The third-order valence-electron chi connectivity index (χ3n) is 4.60. The second-order valence-electron chi connectivity index (χ2n) is 6.19. The van der Waals surface area contributed by atoms with Crippen molar-refractivity contribution < 1.29 is 10.0 Å². The number of aromatic hydroxyl groups is 1. The molecule has 0 atom stereocenters. The molecule has 1 aliphatic rings. The monoisotopic (exact) mass is 378 g/mol. The van der Waals surface area contributed by atoms with Crippen LogP contribution in [0.25, 0.3) is 0 Å². The van der Waals surface area contributed by atoms with Gasteiger partial charge in [-0.3, -0.25) is 4.99 Å². The first-order valence-corrected chi connectivity index (χ1v) is 9.23. The number of hydrogen-bond donors (Lipinski definition) is 2. The third-order valence-corrected chi connectivity index (χ3v) is 5.10. The standard InChI is InChI=1S/C19H21Cl2N3O/c1-2-23-7-9-24(10-8-23)17-5-3-16(4-6-17)22-13-14-11-15(20)12-18(21)19(14)25/h3-6,11-13,25H,2,7-10H2,1H3/p+1. The molecule has 132 valence electrons. The van der Waals surface area contributed by atoms with E-state index < -0.39 is 0 Å². The van der Waals surface area contributed by atoms with E-state index in [0.29, 0.717) is 10.6 Å². The number of quaternary nitrogens is 1. The first-order chi connectivity index (χ1) is 12.1. The van der Waals surface area contributed by atoms with Crippen LogP contribution in [-0.4, -0.2) is 44.0 Å². The number of halogens is 2. The molecule has 1 aliphatic heterocycles. The SMILES string of the molecule is CC[NH+]1CCN(c2ccc(N=Cc3cc(Cl)cc(Cl)c3O)cc2)CC1. The van der Waals surface area contributed by atoms with Crippen LogP contribution in [-0.2, 0) is 0 Å². The number of phenols is 1. The van der Waals surface area contributed by atoms with Gasteiger partial charge in [0.05, 0.1) is 43.4 Å². The van der Waals surface area contributed by atoms with Gasteiger partial charge >= 0.3 is 0 Å². The number of aliphatic imine (C=N–C) groups is 1. The molecule has 0 spiro atoms. The Morgan fingerprint density at radius 1 is 1.16 bits per heavy atom. The van der Waals surface area contributed by atoms with E-state index in [0.717, 1.165) is 18.8 Å². The highest BCUT2D eigenvalue weighted by molar-refractivity contribution is 6.36. The van der Waals surface area contributed by atoms with E-state index >= 15 is 0 Å². The van der Waals surface area contributed by atoms with Gasteiger partial charge in [-0.15, -0.1) is 0 Å². The predicted molar refractivity (Wildman–Crippen MR) is 105 cm³/mol. The summed E-state index contributed by atoms with van der Waals surface area (Å²) in [6.07, 6.45) is 1.57. The number of anilines is 1. The van der Waals surface area contributed by atoms with Crippen LogP contribution in [0.15, 0.2) is 41.4 Å². The Bertz CT molecular complexity index is 754. The van der Waals surface area contributed by atoms with Gasteiger partial charge in [-0.05, 0) is 43.3 Å². The van der Waals surface area contributed by atoms with Gasteiger partial charge in [0.25, 0.3) is 0 Å². The molecule has 2 aromatic rings. The summed E-state index contributed by atoms with van der Waals surface area (Å²) in [5, 5.41) is 10.7. The first-order valence-electron chi connectivity index (χ1n) is 8.47. The molecule has 0 aromatic heterocycles. The number of likely N-dealkylation sites (N-methyl/N-ethyl adjacent to an activating group) is 1. The topological polar surface area (TPSA) is 40.3 Å². The van der Waals surface area contributed by atoms with Crippen LogP contribution < -0.4 is 9.80 Å². The zero-order chi connectivity index (χ0) is 17.8. The molecule has 1 saturated heterocycles. The summed E-state index contributed by atoms with van der Waals surface area (Å²) in [6.45, 7) is 7.97. The smallest absolute Gasteiger partial charge is 0.143 e. The van der Waals surface area contributed by atoms with E-state index in [4.69, 9.17) is 23.2 Å². The van der Waals surface area contributed by atoms with Crippen LogP contribution in [0, 0.1) is 0 Å². The van der Waals surface area contributed by atoms with Gasteiger partial charge < -0.3 is 14.9 Å². The molecule has 0 radical (unpaired) electrons. The van der Waals surface area contributed by atoms with E-state index in [1.807, 2.05) is 12.1 Å². The average molecular weight is 379 g/mol. The Labute approximate surface area is 158 Å². The lowest BCUT2D eigenvalue weighted by molar-refractivity contribution is -0.898. The maximum atomic E-state index is 9.97. The van der Waals surface area contributed by atoms with Crippen LogP contribution in [0.2, 0.25) is 10.0 Å². The van der Waals surface area contributed by atoms with E-state index in [2.05, 4.69) is 28.9 Å². The molecule has 4 nitrogen and oxygen atoms in total. The van der Waals surface area contributed by atoms with Crippen molar-refractivity contribution in [3.8, 4) is 5.75 Å². The lowest BCUT2D eigenvalue weighted by Gasteiger charge is -2.33. The van der Waals surface area contributed by atoms with Crippen molar-refractivity contribution in [2.75, 3.05) is 37.6 Å². The molecule has 2 N–H and O–H groups in total.